The number of nitrogens with zero attached hydrogens (tertiary/aromatic N) is 3. The first-order valence-electron chi connectivity index (χ1n) is 6.25. The molecule has 2 N–H and O–H groups in total. The number of carbonyl (C=O) groups is 1. The van der Waals surface area contributed by atoms with E-state index in [1.807, 2.05) is 0 Å². The summed E-state index contributed by atoms with van der Waals surface area (Å²) in [5.41, 5.74) is 6.20. The second kappa shape index (κ2) is 8.21. The molecule has 2 aromatic rings. The van der Waals surface area contributed by atoms with Crippen molar-refractivity contribution in [2.75, 3.05) is 7.05 Å². The van der Waals surface area contributed by atoms with Crippen molar-refractivity contribution >= 4 is 46.9 Å². The summed E-state index contributed by atoms with van der Waals surface area (Å²) in [7, 11) is 1.58. The van der Waals surface area contributed by atoms with Crippen LogP contribution >= 0.6 is 35.3 Å². The zero-order chi connectivity index (χ0) is 16.3. The van der Waals surface area contributed by atoms with Crippen LogP contribution in [0.4, 0.5) is 5.69 Å². The third-order valence-electron chi connectivity index (χ3n) is 2.94. The Kier molecular flexibility index (Phi) is 6.89. The van der Waals surface area contributed by atoms with E-state index in [0.29, 0.717) is 21.3 Å². The molecule has 0 aliphatic carbocycles. The number of hydrogen-bond acceptors (Lipinski definition) is 6. The molecule has 0 atom stereocenters. The molecule has 1 heterocycles. The van der Waals surface area contributed by atoms with Crippen molar-refractivity contribution in [1.82, 2.24) is 9.88 Å². The Morgan fingerprint density at radius 2 is 2.22 bits per heavy atom. The largest absolute Gasteiger partial charge is 0.336 e. The summed E-state index contributed by atoms with van der Waals surface area (Å²) < 4.78 is 0. The Balaban J connectivity index is 0.00000264. The van der Waals surface area contributed by atoms with Gasteiger partial charge in [-0.05, 0) is 11.6 Å². The number of amides is 1. The van der Waals surface area contributed by atoms with Crippen LogP contribution in [0.3, 0.4) is 0 Å². The maximum Gasteiger partial charge on any atom is 0.273 e. The molecule has 1 aromatic carbocycles. The summed E-state index contributed by atoms with van der Waals surface area (Å²) in [6.07, 6.45) is 0. The second-order valence-electron chi connectivity index (χ2n) is 4.52. The van der Waals surface area contributed by atoms with Crippen LogP contribution in [0.15, 0.2) is 23.6 Å². The van der Waals surface area contributed by atoms with Gasteiger partial charge in [-0.15, -0.1) is 23.7 Å². The summed E-state index contributed by atoms with van der Waals surface area (Å²) in [4.78, 5) is 28.1. The fraction of sp³-hybridized carbons (Fsp3) is 0.231. The minimum absolute atomic E-state index is 0. The Labute approximate surface area is 147 Å². The number of carbonyl (C=O) groups excluding carboxylic acids is 1. The number of nitro groups is 1. The van der Waals surface area contributed by atoms with Gasteiger partial charge in [0.1, 0.15) is 10.7 Å². The van der Waals surface area contributed by atoms with E-state index in [0.717, 1.165) is 0 Å². The van der Waals surface area contributed by atoms with Crippen molar-refractivity contribution in [3.8, 4) is 0 Å². The highest BCUT2D eigenvalue weighted by atomic mass is 35.5. The van der Waals surface area contributed by atoms with Crippen LogP contribution in [0.5, 0.6) is 0 Å². The van der Waals surface area contributed by atoms with Crippen LogP contribution < -0.4 is 5.73 Å². The van der Waals surface area contributed by atoms with Gasteiger partial charge in [0, 0.05) is 42.7 Å². The lowest BCUT2D eigenvalue weighted by atomic mass is 10.2. The molecule has 0 spiro atoms. The maximum absolute atomic E-state index is 12.3. The van der Waals surface area contributed by atoms with Crippen LogP contribution in [0.25, 0.3) is 0 Å². The molecule has 23 heavy (non-hydrogen) atoms. The number of non-ortho nitro benzene ring substituents is 1. The fourth-order valence-electron chi connectivity index (χ4n) is 1.82. The van der Waals surface area contributed by atoms with Crippen LogP contribution in [0.1, 0.15) is 21.1 Å². The van der Waals surface area contributed by atoms with Crippen LogP contribution in [-0.4, -0.2) is 27.8 Å². The average molecular weight is 377 g/mol. The van der Waals surface area contributed by atoms with E-state index < -0.39 is 4.92 Å². The normalized spacial score (nSPS) is 10.0. The van der Waals surface area contributed by atoms with E-state index in [1.54, 1.807) is 12.4 Å². The lowest BCUT2D eigenvalue weighted by Gasteiger charge is -2.16. The molecule has 0 unspecified atom stereocenters. The number of nitro benzene ring substituents is 1. The predicted octanol–water partition coefficient (Wildman–Crippen LogP) is 2.86. The topological polar surface area (TPSA) is 102 Å². The van der Waals surface area contributed by atoms with Crippen molar-refractivity contribution in [3.05, 3.63) is 55.0 Å². The van der Waals surface area contributed by atoms with Crippen LogP contribution in [-0.2, 0) is 13.1 Å². The molecule has 0 saturated carbocycles. The van der Waals surface area contributed by atoms with Gasteiger partial charge in [-0.3, -0.25) is 14.9 Å². The smallest absolute Gasteiger partial charge is 0.273 e. The molecule has 2 rings (SSSR count). The summed E-state index contributed by atoms with van der Waals surface area (Å²) in [5, 5.41) is 13.5. The van der Waals surface area contributed by atoms with Gasteiger partial charge < -0.3 is 10.6 Å². The minimum Gasteiger partial charge on any atom is -0.336 e. The predicted molar refractivity (Wildman–Crippen MR) is 91.2 cm³/mol. The molecule has 0 radical (unpaired) electrons. The Morgan fingerprint density at radius 3 is 2.78 bits per heavy atom. The Bertz CT molecular complexity index is 723. The molecule has 0 bridgehead atoms. The quantitative estimate of drug-likeness (QED) is 0.638. The molecule has 0 fully saturated rings. The second-order valence-corrected chi connectivity index (χ2v) is 5.87. The summed E-state index contributed by atoms with van der Waals surface area (Å²) >= 11 is 7.34. The SMILES string of the molecule is CN(Cc1cc([N+](=O)[O-])ccc1Cl)C(=O)c1csc(CN)n1.Cl. The Hall–Kier alpha value is -1.74. The van der Waals surface area contributed by atoms with E-state index in [9.17, 15) is 14.9 Å². The molecule has 1 aromatic heterocycles. The van der Waals surface area contributed by atoms with Gasteiger partial charge in [0.2, 0.25) is 0 Å². The number of benzene rings is 1. The first-order valence-corrected chi connectivity index (χ1v) is 7.51. The molecule has 0 aliphatic heterocycles. The standard InChI is InChI=1S/C13H13ClN4O3S.ClH/c1-17(13(19)11-7-22-12(5-15)16-11)6-8-4-9(18(20)21)2-3-10(8)14;/h2-4,7H,5-6,15H2,1H3;1H. The number of thiazole rings is 1. The first kappa shape index (κ1) is 19.3. The molecule has 124 valence electrons. The molecule has 0 aliphatic rings. The number of rotatable bonds is 5. The highest BCUT2D eigenvalue weighted by molar-refractivity contribution is 7.09. The van der Waals surface area contributed by atoms with E-state index >= 15 is 0 Å². The number of hydrogen-bond donors (Lipinski definition) is 1. The van der Waals surface area contributed by atoms with E-state index in [2.05, 4.69) is 4.98 Å². The maximum atomic E-state index is 12.3. The number of halogens is 2. The third kappa shape index (κ3) is 4.61. The van der Waals surface area contributed by atoms with Gasteiger partial charge in [-0.2, -0.15) is 0 Å². The third-order valence-corrected chi connectivity index (χ3v) is 4.18. The highest BCUT2D eigenvalue weighted by Gasteiger charge is 2.18. The minimum atomic E-state index is -0.504. The molecule has 1 amide bonds. The monoisotopic (exact) mass is 376 g/mol. The lowest BCUT2D eigenvalue weighted by Crippen LogP contribution is -2.26. The molecule has 10 heteroatoms. The van der Waals surface area contributed by atoms with Crippen LogP contribution in [0, 0.1) is 10.1 Å². The molecular formula is C13H14Cl2N4O3S. The Morgan fingerprint density at radius 1 is 1.52 bits per heavy atom. The fourth-order valence-corrected chi connectivity index (χ4v) is 2.65. The summed E-state index contributed by atoms with van der Waals surface area (Å²) in [6, 6.07) is 4.13. The van der Waals surface area contributed by atoms with Gasteiger partial charge >= 0.3 is 0 Å². The summed E-state index contributed by atoms with van der Waals surface area (Å²) in [6.45, 7) is 0.424. The van der Waals surface area contributed by atoms with Gasteiger partial charge in [-0.25, -0.2) is 4.98 Å². The van der Waals surface area contributed by atoms with E-state index in [1.165, 1.54) is 34.4 Å². The first-order chi connectivity index (χ1) is 10.4. The number of nitrogens with two attached hydrogens (primary N) is 1. The lowest BCUT2D eigenvalue weighted by molar-refractivity contribution is -0.384. The molecule has 7 nitrogen and oxygen atoms in total. The van der Waals surface area contributed by atoms with Gasteiger partial charge in [-0.1, -0.05) is 11.6 Å². The van der Waals surface area contributed by atoms with Gasteiger partial charge in [0.25, 0.3) is 11.6 Å². The summed E-state index contributed by atoms with van der Waals surface area (Å²) in [5.74, 6) is -0.293. The highest BCUT2D eigenvalue weighted by Crippen LogP contribution is 2.23. The average Bonchev–Trinajstić information content (AvgIpc) is 2.97. The van der Waals surface area contributed by atoms with E-state index in [4.69, 9.17) is 17.3 Å². The number of aromatic nitrogens is 1. The van der Waals surface area contributed by atoms with Crippen LogP contribution in [0.2, 0.25) is 5.02 Å². The molecule has 0 saturated heterocycles. The van der Waals surface area contributed by atoms with E-state index in [-0.39, 0.29) is 37.1 Å². The van der Waals surface area contributed by atoms with Gasteiger partial charge in [0.15, 0.2) is 0 Å². The zero-order valence-electron chi connectivity index (χ0n) is 12.1. The van der Waals surface area contributed by atoms with Crippen molar-refractivity contribution < 1.29 is 9.72 Å². The molecular weight excluding hydrogens is 363 g/mol. The van der Waals surface area contributed by atoms with Gasteiger partial charge in [0.05, 0.1) is 4.92 Å². The van der Waals surface area contributed by atoms with Crippen molar-refractivity contribution in [2.24, 2.45) is 5.73 Å². The van der Waals surface area contributed by atoms with Crippen molar-refractivity contribution in [2.45, 2.75) is 13.1 Å². The zero-order valence-corrected chi connectivity index (χ0v) is 14.5. The van der Waals surface area contributed by atoms with Crippen molar-refractivity contribution in [1.29, 1.82) is 0 Å². The van der Waals surface area contributed by atoms with Crippen molar-refractivity contribution in [3.63, 3.8) is 0 Å².